The highest BCUT2D eigenvalue weighted by atomic mass is 16.3. The fraction of sp³-hybridized carbons (Fsp3) is 0.520. The van der Waals surface area contributed by atoms with Crippen molar-refractivity contribution in [3.05, 3.63) is 58.9 Å². The van der Waals surface area contributed by atoms with Crippen LogP contribution in [-0.4, -0.2) is 47.1 Å². The predicted molar refractivity (Wildman–Crippen MR) is 119 cm³/mol. The highest BCUT2D eigenvalue weighted by molar-refractivity contribution is 5.94. The smallest absolute Gasteiger partial charge is 0.255 e. The third-order valence-electron chi connectivity index (χ3n) is 6.71. The molecular weight excluding hydrogens is 374 g/mol. The molecule has 1 aromatic carbocycles. The molecule has 30 heavy (non-hydrogen) atoms. The summed E-state index contributed by atoms with van der Waals surface area (Å²) in [5.41, 5.74) is 3.78. The fourth-order valence-corrected chi connectivity index (χ4v) is 4.83. The van der Waals surface area contributed by atoms with Crippen LogP contribution in [0.4, 0.5) is 0 Å². The molecule has 1 saturated heterocycles. The molecule has 2 heterocycles. The van der Waals surface area contributed by atoms with Crippen LogP contribution in [0.25, 0.3) is 0 Å². The second kappa shape index (κ2) is 8.76. The fourth-order valence-electron chi connectivity index (χ4n) is 4.83. The van der Waals surface area contributed by atoms with Crippen molar-refractivity contribution in [2.24, 2.45) is 5.92 Å². The number of carbonyl (C=O) groups is 1. The molecule has 2 aromatic rings. The monoisotopic (exact) mass is 407 g/mol. The number of benzene rings is 1. The highest BCUT2D eigenvalue weighted by Gasteiger charge is 2.40. The van der Waals surface area contributed by atoms with Crippen molar-refractivity contribution >= 4 is 5.91 Å². The first-order valence-corrected chi connectivity index (χ1v) is 11.4. The molecule has 0 spiro atoms. The molecule has 1 aromatic heterocycles. The van der Waals surface area contributed by atoms with Crippen LogP contribution in [0, 0.1) is 5.92 Å². The van der Waals surface area contributed by atoms with Gasteiger partial charge in [0.1, 0.15) is 5.75 Å². The number of nitrogens with one attached hydrogen (secondary N) is 1. The van der Waals surface area contributed by atoms with E-state index < -0.39 is 0 Å². The number of aromatic nitrogens is 1. The number of aromatic hydroxyl groups is 1. The number of phenolic OH excluding ortho intramolecular Hbond substituents is 1. The van der Waals surface area contributed by atoms with Crippen LogP contribution in [0.15, 0.2) is 36.5 Å². The summed E-state index contributed by atoms with van der Waals surface area (Å²) in [6.07, 6.45) is 7.29. The zero-order valence-corrected chi connectivity index (χ0v) is 18.2. The van der Waals surface area contributed by atoms with Crippen LogP contribution in [0.2, 0.25) is 0 Å². The summed E-state index contributed by atoms with van der Waals surface area (Å²) < 4.78 is 0. The Kier molecular flexibility index (Phi) is 6.09. The maximum Gasteiger partial charge on any atom is 0.255 e. The maximum atomic E-state index is 13.0. The lowest BCUT2D eigenvalue weighted by Crippen LogP contribution is -2.45. The summed E-state index contributed by atoms with van der Waals surface area (Å²) in [5, 5.41) is 13.7. The molecule has 1 amide bonds. The van der Waals surface area contributed by atoms with Gasteiger partial charge in [-0.15, -0.1) is 0 Å². The van der Waals surface area contributed by atoms with E-state index in [1.807, 2.05) is 30.9 Å². The van der Waals surface area contributed by atoms with E-state index >= 15 is 0 Å². The van der Waals surface area contributed by atoms with Gasteiger partial charge in [-0.2, -0.15) is 0 Å². The Morgan fingerprint density at radius 3 is 2.70 bits per heavy atom. The molecule has 1 atom stereocenters. The van der Waals surface area contributed by atoms with Crippen LogP contribution < -0.4 is 5.32 Å². The van der Waals surface area contributed by atoms with E-state index in [1.165, 1.54) is 18.4 Å². The van der Waals surface area contributed by atoms with Gasteiger partial charge >= 0.3 is 0 Å². The van der Waals surface area contributed by atoms with Gasteiger partial charge in [-0.25, -0.2) is 0 Å². The van der Waals surface area contributed by atoms with Crippen LogP contribution in [-0.2, 0) is 11.8 Å². The minimum absolute atomic E-state index is 0.0595. The molecule has 1 unspecified atom stereocenters. The summed E-state index contributed by atoms with van der Waals surface area (Å²) in [5.74, 6) is 1.04. The minimum Gasteiger partial charge on any atom is -0.508 e. The minimum atomic E-state index is -0.280. The number of hydrogen-bond acceptors (Lipinski definition) is 4. The van der Waals surface area contributed by atoms with Gasteiger partial charge in [0.15, 0.2) is 0 Å². The van der Waals surface area contributed by atoms with Crippen molar-refractivity contribution in [1.82, 2.24) is 15.2 Å². The van der Waals surface area contributed by atoms with Gasteiger partial charge < -0.3 is 15.3 Å². The quantitative estimate of drug-likeness (QED) is 0.731. The van der Waals surface area contributed by atoms with Crippen LogP contribution in [0.1, 0.15) is 66.7 Å². The number of nitrogens with zero attached hydrogens (tertiary/aromatic N) is 2. The average Bonchev–Trinajstić information content (AvgIpc) is 3.59. The molecule has 1 aliphatic heterocycles. The zero-order valence-electron chi connectivity index (χ0n) is 18.2. The first-order chi connectivity index (χ1) is 14.6. The molecule has 5 heteroatoms. The SMILES string of the molecule is CCN(CC)C(=O)c1cnc(C2(c3cccc(O)c3)CCCNC2)c(CC2CC2)c1. The molecule has 2 N–H and O–H groups in total. The van der Waals surface area contributed by atoms with Crippen molar-refractivity contribution < 1.29 is 9.90 Å². The van der Waals surface area contributed by atoms with E-state index in [0.717, 1.165) is 43.6 Å². The summed E-state index contributed by atoms with van der Waals surface area (Å²) in [7, 11) is 0. The van der Waals surface area contributed by atoms with Crippen LogP contribution in [0.3, 0.4) is 0 Å². The third-order valence-corrected chi connectivity index (χ3v) is 6.71. The highest BCUT2D eigenvalue weighted by Crippen LogP contribution is 2.42. The Labute approximate surface area is 179 Å². The molecule has 1 aliphatic carbocycles. The van der Waals surface area contributed by atoms with E-state index in [1.54, 1.807) is 12.3 Å². The lowest BCUT2D eigenvalue weighted by atomic mass is 9.70. The summed E-state index contributed by atoms with van der Waals surface area (Å²) in [6.45, 7) is 7.22. The third kappa shape index (κ3) is 4.08. The zero-order chi connectivity index (χ0) is 21.1. The van der Waals surface area contributed by atoms with Crippen molar-refractivity contribution in [3.63, 3.8) is 0 Å². The maximum absolute atomic E-state index is 13.0. The number of amides is 1. The average molecular weight is 408 g/mol. The summed E-state index contributed by atoms with van der Waals surface area (Å²) >= 11 is 0. The van der Waals surface area contributed by atoms with E-state index in [9.17, 15) is 9.90 Å². The molecule has 4 rings (SSSR count). The van der Waals surface area contributed by atoms with Gasteiger partial charge in [0.05, 0.1) is 16.7 Å². The lowest BCUT2D eigenvalue weighted by molar-refractivity contribution is 0.0772. The van der Waals surface area contributed by atoms with Gasteiger partial charge in [-0.1, -0.05) is 12.1 Å². The predicted octanol–water partition coefficient (Wildman–Crippen LogP) is 3.89. The Balaban J connectivity index is 1.81. The standard InChI is InChI=1S/C25H33N3O2/c1-3-28(4-2)24(30)20-14-19(13-18-9-10-18)23(27-16-20)25(11-6-12-26-17-25)21-7-5-8-22(29)15-21/h5,7-8,14-16,18,26,29H,3-4,6,9-13,17H2,1-2H3. The molecular formula is C25H33N3O2. The number of hydrogen-bond donors (Lipinski definition) is 2. The Bertz CT molecular complexity index is 897. The molecule has 160 valence electrons. The second-order valence-corrected chi connectivity index (χ2v) is 8.77. The van der Waals surface area contributed by atoms with Crippen molar-refractivity contribution in [1.29, 1.82) is 0 Å². The Morgan fingerprint density at radius 1 is 1.27 bits per heavy atom. The van der Waals surface area contributed by atoms with E-state index in [4.69, 9.17) is 4.98 Å². The summed E-state index contributed by atoms with van der Waals surface area (Å²) in [6, 6.07) is 9.72. The summed E-state index contributed by atoms with van der Waals surface area (Å²) in [4.78, 5) is 19.8. The number of carbonyl (C=O) groups excluding carboxylic acids is 1. The molecule has 5 nitrogen and oxygen atoms in total. The second-order valence-electron chi connectivity index (χ2n) is 8.77. The Morgan fingerprint density at radius 2 is 2.07 bits per heavy atom. The normalized spacial score (nSPS) is 21.4. The molecule has 2 fully saturated rings. The number of piperidine rings is 1. The molecule has 0 bridgehead atoms. The van der Waals surface area contributed by atoms with Gasteiger partial charge in [0, 0.05) is 25.8 Å². The van der Waals surface area contributed by atoms with Gasteiger partial charge in [0.2, 0.25) is 0 Å². The van der Waals surface area contributed by atoms with E-state index in [2.05, 4.69) is 17.4 Å². The number of pyridine rings is 1. The molecule has 2 aliphatic rings. The van der Waals surface area contributed by atoms with Crippen LogP contribution >= 0.6 is 0 Å². The molecule has 0 radical (unpaired) electrons. The first kappa shape index (κ1) is 20.9. The topological polar surface area (TPSA) is 65.5 Å². The number of rotatable bonds is 7. The van der Waals surface area contributed by atoms with Crippen molar-refractivity contribution in [2.45, 2.75) is 51.4 Å². The largest absolute Gasteiger partial charge is 0.508 e. The number of phenols is 1. The van der Waals surface area contributed by atoms with Crippen molar-refractivity contribution in [3.8, 4) is 5.75 Å². The first-order valence-electron chi connectivity index (χ1n) is 11.4. The van der Waals surface area contributed by atoms with Crippen LogP contribution in [0.5, 0.6) is 5.75 Å². The van der Waals surface area contributed by atoms with Gasteiger partial charge in [0.25, 0.3) is 5.91 Å². The van der Waals surface area contributed by atoms with Gasteiger partial charge in [-0.3, -0.25) is 9.78 Å². The lowest BCUT2D eigenvalue weighted by Gasteiger charge is -2.39. The Hall–Kier alpha value is -2.40. The van der Waals surface area contributed by atoms with Crippen molar-refractivity contribution in [2.75, 3.05) is 26.2 Å². The molecule has 1 saturated carbocycles. The van der Waals surface area contributed by atoms with Gasteiger partial charge in [-0.05, 0) is 87.7 Å². The van der Waals surface area contributed by atoms with E-state index in [0.29, 0.717) is 24.6 Å². The van der Waals surface area contributed by atoms with E-state index in [-0.39, 0.29) is 17.1 Å².